The van der Waals surface area contributed by atoms with Gasteiger partial charge in [-0.15, -0.1) is 0 Å². The quantitative estimate of drug-likeness (QED) is 0.385. The Bertz CT molecular complexity index is 26.5. The van der Waals surface area contributed by atoms with Crippen LogP contribution in [-0.2, 0) is 0 Å². The first kappa shape index (κ1) is 5.03. The minimum absolute atomic E-state index is 1.05. The lowest BCUT2D eigenvalue weighted by atomic mass is 10.3. The summed E-state index contributed by atoms with van der Waals surface area (Å²) in [6.07, 6.45) is 2.35. The highest BCUT2D eigenvalue weighted by Crippen LogP contribution is 1.88. The van der Waals surface area contributed by atoms with Crippen molar-refractivity contribution in [2.45, 2.75) is 12.8 Å². The highest BCUT2D eigenvalue weighted by Gasteiger charge is 1.92. The predicted molar refractivity (Wildman–Crippen MR) is 27.8 cm³/mol. The molecule has 1 radical (unpaired) electrons. The molecule has 3 heteroatoms. The third kappa shape index (κ3) is 1.87. The molecule has 1 aliphatic rings. The van der Waals surface area contributed by atoms with E-state index in [0.29, 0.717) is 0 Å². The van der Waals surface area contributed by atoms with Crippen molar-refractivity contribution >= 4 is 0 Å². The molecule has 0 amide bonds. The van der Waals surface area contributed by atoms with Gasteiger partial charge in [-0.2, -0.15) is 5.53 Å². The standard InChI is InChI=1S/C4H10N3/c1-2-4-6-7-5-3-1/h3,5-7H,1-2,4H2. The first-order chi connectivity index (χ1) is 3.50. The molecule has 1 rings (SSSR count). The van der Waals surface area contributed by atoms with Crippen molar-refractivity contribution in [2.75, 3.05) is 6.54 Å². The van der Waals surface area contributed by atoms with Crippen LogP contribution in [0.5, 0.6) is 0 Å². The van der Waals surface area contributed by atoms with Crippen LogP contribution in [-0.4, -0.2) is 6.54 Å². The van der Waals surface area contributed by atoms with E-state index in [0.717, 1.165) is 13.0 Å². The molecule has 7 heavy (non-hydrogen) atoms. The summed E-state index contributed by atoms with van der Waals surface area (Å²) in [6.45, 7) is 3.05. The van der Waals surface area contributed by atoms with Gasteiger partial charge in [0.2, 0.25) is 0 Å². The van der Waals surface area contributed by atoms with Crippen LogP contribution in [0.1, 0.15) is 12.8 Å². The average molecular weight is 100 g/mol. The van der Waals surface area contributed by atoms with Gasteiger partial charge in [0.05, 0.1) is 0 Å². The van der Waals surface area contributed by atoms with Gasteiger partial charge in [-0.25, -0.2) is 10.9 Å². The number of hydrogen-bond acceptors (Lipinski definition) is 3. The fraction of sp³-hybridized carbons (Fsp3) is 0.750. The third-order valence-electron chi connectivity index (χ3n) is 0.913. The molecule has 41 valence electrons. The van der Waals surface area contributed by atoms with Crippen molar-refractivity contribution in [3.63, 3.8) is 0 Å². The molecule has 1 fully saturated rings. The molecule has 0 aromatic carbocycles. The zero-order valence-corrected chi connectivity index (χ0v) is 4.20. The monoisotopic (exact) mass is 100 g/mol. The van der Waals surface area contributed by atoms with E-state index in [-0.39, 0.29) is 0 Å². The van der Waals surface area contributed by atoms with Crippen molar-refractivity contribution in [1.82, 2.24) is 16.4 Å². The van der Waals surface area contributed by atoms with E-state index in [1.54, 1.807) is 0 Å². The van der Waals surface area contributed by atoms with Gasteiger partial charge >= 0.3 is 0 Å². The summed E-state index contributed by atoms with van der Waals surface area (Å²) in [5, 5.41) is 0. The summed E-state index contributed by atoms with van der Waals surface area (Å²) in [5.74, 6) is 0. The molecule has 1 saturated heterocycles. The summed E-state index contributed by atoms with van der Waals surface area (Å²) in [4.78, 5) is 0. The average Bonchev–Trinajstić information content (AvgIpc) is 1.90. The molecule has 3 nitrogen and oxygen atoms in total. The second-order valence-electron chi connectivity index (χ2n) is 1.54. The van der Waals surface area contributed by atoms with Crippen LogP contribution in [0, 0.1) is 6.54 Å². The smallest absolute Gasteiger partial charge is 0.0394 e. The SMILES string of the molecule is [CH]1CCCNNN1. The summed E-state index contributed by atoms with van der Waals surface area (Å²) >= 11 is 0. The Morgan fingerprint density at radius 2 is 2.43 bits per heavy atom. The Morgan fingerprint density at radius 1 is 1.43 bits per heavy atom. The first-order valence-corrected chi connectivity index (χ1v) is 2.55. The Hall–Kier alpha value is -0.120. The van der Waals surface area contributed by atoms with Crippen LogP contribution >= 0.6 is 0 Å². The lowest BCUT2D eigenvalue weighted by Crippen LogP contribution is -2.39. The lowest BCUT2D eigenvalue weighted by Gasteiger charge is -1.97. The van der Waals surface area contributed by atoms with E-state index in [1.807, 2.05) is 6.54 Å². The zero-order valence-electron chi connectivity index (χ0n) is 4.20. The Labute approximate surface area is 43.4 Å². The van der Waals surface area contributed by atoms with Gasteiger partial charge in [0, 0.05) is 13.1 Å². The van der Waals surface area contributed by atoms with Crippen LogP contribution in [0.4, 0.5) is 0 Å². The van der Waals surface area contributed by atoms with Crippen LogP contribution in [0.15, 0.2) is 0 Å². The largest absolute Gasteiger partial charge is 0.244 e. The van der Waals surface area contributed by atoms with Crippen LogP contribution in [0.2, 0.25) is 0 Å². The van der Waals surface area contributed by atoms with Crippen molar-refractivity contribution in [1.29, 1.82) is 0 Å². The normalized spacial score (nSPS) is 24.0. The zero-order chi connectivity index (χ0) is 4.95. The second-order valence-corrected chi connectivity index (χ2v) is 1.54. The van der Waals surface area contributed by atoms with Gasteiger partial charge in [0.15, 0.2) is 0 Å². The summed E-state index contributed by atoms with van der Waals surface area (Å²) in [6, 6.07) is 0. The topological polar surface area (TPSA) is 36.1 Å². The van der Waals surface area contributed by atoms with E-state index in [9.17, 15) is 0 Å². The molecule has 3 N–H and O–H groups in total. The molecule has 0 aromatic rings. The van der Waals surface area contributed by atoms with E-state index < -0.39 is 0 Å². The van der Waals surface area contributed by atoms with Gasteiger partial charge in [-0.1, -0.05) is 0 Å². The number of hydrogen-bond donors (Lipinski definition) is 3. The Kier molecular flexibility index (Phi) is 2.12. The van der Waals surface area contributed by atoms with Gasteiger partial charge in [0.25, 0.3) is 0 Å². The van der Waals surface area contributed by atoms with E-state index >= 15 is 0 Å². The molecule has 0 unspecified atom stereocenters. The van der Waals surface area contributed by atoms with E-state index in [1.165, 1.54) is 6.42 Å². The van der Waals surface area contributed by atoms with Gasteiger partial charge in [-0.05, 0) is 12.8 Å². The molecule has 1 heterocycles. The minimum Gasteiger partial charge on any atom is -0.244 e. The Balaban J connectivity index is 2.04. The van der Waals surface area contributed by atoms with Crippen molar-refractivity contribution in [2.24, 2.45) is 0 Å². The summed E-state index contributed by atoms with van der Waals surface area (Å²) in [7, 11) is 0. The van der Waals surface area contributed by atoms with Gasteiger partial charge in [0.1, 0.15) is 0 Å². The van der Waals surface area contributed by atoms with Gasteiger partial charge in [-0.3, -0.25) is 0 Å². The molecule has 0 spiro atoms. The highest BCUT2D eigenvalue weighted by atomic mass is 15.6. The van der Waals surface area contributed by atoms with Crippen LogP contribution in [0.3, 0.4) is 0 Å². The number of hydrazine groups is 2. The summed E-state index contributed by atoms with van der Waals surface area (Å²) < 4.78 is 0. The molecule has 0 aliphatic carbocycles. The fourth-order valence-corrected chi connectivity index (χ4v) is 0.529. The van der Waals surface area contributed by atoms with Crippen molar-refractivity contribution in [3.8, 4) is 0 Å². The molecular weight excluding hydrogens is 90.1 g/mol. The van der Waals surface area contributed by atoms with Crippen LogP contribution < -0.4 is 16.4 Å². The molecular formula is C4H10N3. The summed E-state index contributed by atoms with van der Waals surface area (Å²) in [5.41, 5.74) is 8.61. The Morgan fingerprint density at radius 3 is 3.43 bits per heavy atom. The molecule has 0 atom stereocenters. The van der Waals surface area contributed by atoms with Crippen molar-refractivity contribution < 1.29 is 0 Å². The fourth-order valence-electron chi connectivity index (χ4n) is 0.529. The number of rotatable bonds is 0. The predicted octanol–water partition coefficient (Wildman–Crippen LogP) is -0.459. The van der Waals surface area contributed by atoms with E-state index in [4.69, 9.17) is 0 Å². The lowest BCUT2D eigenvalue weighted by molar-refractivity contribution is 0.501. The maximum absolute atomic E-state index is 2.95. The molecule has 0 aromatic heterocycles. The van der Waals surface area contributed by atoms with Crippen LogP contribution in [0.25, 0.3) is 0 Å². The minimum atomic E-state index is 1.05. The maximum atomic E-state index is 2.95. The van der Waals surface area contributed by atoms with E-state index in [2.05, 4.69) is 16.4 Å². The number of nitrogens with one attached hydrogen (secondary N) is 3. The molecule has 0 saturated carbocycles. The van der Waals surface area contributed by atoms with Gasteiger partial charge < -0.3 is 0 Å². The third-order valence-corrected chi connectivity index (χ3v) is 0.913. The molecule has 0 bridgehead atoms. The maximum Gasteiger partial charge on any atom is 0.0394 e. The molecule has 1 aliphatic heterocycles. The first-order valence-electron chi connectivity index (χ1n) is 2.55. The van der Waals surface area contributed by atoms with Crippen molar-refractivity contribution in [3.05, 3.63) is 6.54 Å². The highest BCUT2D eigenvalue weighted by molar-refractivity contribution is 4.60. The second kappa shape index (κ2) is 2.96.